The first kappa shape index (κ1) is 15.4. The Hall–Kier alpha value is -2.18. The number of thiophene rings is 1. The van der Waals surface area contributed by atoms with Gasteiger partial charge in [-0.2, -0.15) is 0 Å². The Labute approximate surface area is 148 Å². The van der Waals surface area contributed by atoms with E-state index in [0.29, 0.717) is 12.3 Å². The van der Waals surface area contributed by atoms with Gasteiger partial charge in [-0.1, -0.05) is 12.1 Å². The fraction of sp³-hybridized carbons (Fsp3) is 0.222. The van der Waals surface area contributed by atoms with Crippen LogP contribution in [0.25, 0.3) is 10.6 Å². The van der Waals surface area contributed by atoms with Gasteiger partial charge in [-0.3, -0.25) is 4.79 Å². The molecule has 6 heteroatoms. The monoisotopic (exact) mass is 356 g/mol. The van der Waals surface area contributed by atoms with Crippen LogP contribution in [0.3, 0.4) is 0 Å². The summed E-state index contributed by atoms with van der Waals surface area (Å²) in [6.45, 7) is 1.51. The highest BCUT2D eigenvalue weighted by molar-refractivity contribution is 7.13. The number of thiazole rings is 1. The number of aromatic nitrogens is 1. The predicted molar refractivity (Wildman–Crippen MR) is 96.5 cm³/mol. The SMILES string of the molecule is O=C(COc1ccccc1-c1nccs1)N1CCc2sccc2C1. The molecule has 0 saturated carbocycles. The Kier molecular flexibility index (Phi) is 4.32. The van der Waals surface area contributed by atoms with Crippen molar-refractivity contribution in [2.45, 2.75) is 13.0 Å². The first-order valence-electron chi connectivity index (χ1n) is 7.76. The number of amides is 1. The molecule has 0 N–H and O–H groups in total. The van der Waals surface area contributed by atoms with Crippen LogP contribution < -0.4 is 4.74 Å². The lowest BCUT2D eigenvalue weighted by molar-refractivity contribution is -0.134. The highest BCUT2D eigenvalue weighted by Gasteiger charge is 2.22. The van der Waals surface area contributed by atoms with E-state index in [4.69, 9.17) is 4.74 Å². The molecule has 4 rings (SSSR count). The summed E-state index contributed by atoms with van der Waals surface area (Å²) >= 11 is 3.34. The van der Waals surface area contributed by atoms with E-state index in [1.165, 1.54) is 10.4 Å². The van der Waals surface area contributed by atoms with Gasteiger partial charge < -0.3 is 9.64 Å². The molecule has 0 spiro atoms. The topological polar surface area (TPSA) is 42.4 Å². The van der Waals surface area contributed by atoms with Crippen LogP contribution in [0.15, 0.2) is 47.3 Å². The third-order valence-electron chi connectivity index (χ3n) is 4.06. The lowest BCUT2D eigenvalue weighted by Gasteiger charge is -2.27. The summed E-state index contributed by atoms with van der Waals surface area (Å²) in [6.07, 6.45) is 2.71. The normalized spacial score (nSPS) is 13.6. The van der Waals surface area contributed by atoms with Crippen LogP contribution in [-0.2, 0) is 17.8 Å². The lowest BCUT2D eigenvalue weighted by atomic mass is 10.1. The minimum atomic E-state index is 0.0285. The number of para-hydroxylation sites is 1. The minimum absolute atomic E-state index is 0.0285. The molecule has 1 aliphatic heterocycles. The largest absolute Gasteiger partial charge is 0.483 e. The second-order valence-electron chi connectivity index (χ2n) is 5.56. The van der Waals surface area contributed by atoms with Crippen molar-refractivity contribution in [3.63, 3.8) is 0 Å². The molecule has 0 radical (unpaired) electrons. The Morgan fingerprint density at radius 1 is 1.21 bits per heavy atom. The van der Waals surface area contributed by atoms with E-state index in [1.807, 2.05) is 34.5 Å². The molecule has 1 aliphatic rings. The minimum Gasteiger partial charge on any atom is -0.483 e. The molecule has 0 aliphatic carbocycles. The highest BCUT2D eigenvalue weighted by atomic mass is 32.1. The van der Waals surface area contributed by atoms with Gasteiger partial charge in [0.15, 0.2) is 6.61 Å². The number of nitrogens with zero attached hydrogens (tertiary/aromatic N) is 2. The summed E-state index contributed by atoms with van der Waals surface area (Å²) < 4.78 is 5.82. The van der Waals surface area contributed by atoms with Crippen molar-refractivity contribution in [1.29, 1.82) is 0 Å². The van der Waals surface area contributed by atoms with E-state index in [-0.39, 0.29) is 12.5 Å². The van der Waals surface area contributed by atoms with E-state index in [9.17, 15) is 4.79 Å². The quantitative estimate of drug-likeness (QED) is 0.713. The molecular formula is C18H16N2O2S2. The number of hydrogen-bond acceptors (Lipinski definition) is 5. The van der Waals surface area contributed by atoms with Crippen molar-refractivity contribution in [2.75, 3.05) is 13.2 Å². The maximum absolute atomic E-state index is 12.5. The molecule has 0 bridgehead atoms. The molecule has 0 fully saturated rings. The van der Waals surface area contributed by atoms with E-state index < -0.39 is 0 Å². The van der Waals surface area contributed by atoms with Gasteiger partial charge in [0.25, 0.3) is 5.91 Å². The summed E-state index contributed by atoms with van der Waals surface area (Å²) in [5.74, 6) is 0.731. The predicted octanol–water partition coefficient (Wildman–Crippen LogP) is 3.84. The Bertz CT molecular complexity index is 842. The number of rotatable bonds is 4. The number of hydrogen-bond donors (Lipinski definition) is 0. The van der Waals surface area contributed by atoms with Crippen molar-refractivity contribution in [1.82, 2.24) is 9.88 Å². The summed E-state index contributed by atoms with van der Waals surface area (Å²) in [5, 5.41) is 4.93. The number of carbonyl (C=O) groups excluding carboxylic acids is 1. The summed E-state index contributed by atoms with van der Waals surface area (Å²) in [5.41, 5.74) is 2.20. The smallest absolute Gasteiger partial charge is 0.260 e. The van der Waals surface area contributed by atoms with E-state index in [0.717, 1.165) is 23.5 Å². The van der Waals surface area contributed by atoms with E-state index in [1.54, 1.807) is 28.9 Å². The Morgan fingerprint density at radius 3 is 3.00 bits per heavy atom. The standard InChI is InChI=1S/C18H16N2O2S2/c21-17(20-8-5-16-13(11-20)6-9-23-16)12-22-15-4-2-1-3-14(15)18-19-7-10-24-18/h1-4,6-7,9-10H,5,8,11-12H2. The molecule has 2 aromatic heterocycles. The third kappa shape index (κ3) is 3.07. The number of carbonyl (C=O) groups is 1. The molecule has 1 amide bonds. The molecule has 3 aromatic rings. The molecule has 1 aromatic carbocycles. The van der Waals surface area contributed by atoms with E-state index >= 15 is 0 Å². The second-order valence-corrected chi connectivity index (χ2v) is 7.45. The zero-order valence-electron chi connectivity index (χ0n) is 13.0. The van der Waals surface area contributed by atoms with Crippen LogP contribution in [0, 0.1) is 0 Å². The van der Waals surface area contributed by atoms with Crippen molar-refractivity contribution in [3.8, 4) is 16.3 Å². The molecule has 0 unspecified atom stereocenters. The van der Waals surface area contributed by atoms with Gasteiger partial charge in [-0.05, 0) is 35.6 Å². The first-order valence-corrected chi connectivity index (χ1v) is 9.52. The van der Waals surface area contributed by atoms with Gasteiger partial charge in [0.2, 0.25) is 0 Å². The molecule has 0 atom stereocenters. The number of ether oxygens (including phenoxy) is 1. The van der Waals surface area contributed by atoms with Crippen molar-refractivity contribution in [2.24, 2.45) is 0 Å². The van der Waals surface area contributed by atoms with Gasteiger partial charge >= 0.3 is 0 Å². The Morgan fingerprint density at radius 2 is 2.12 bits per heavy atom. The molecule has 3 heterocycles. The maximum atomic E-state index is 12.5. The third-order valence-corrected chi connectivity index (χ3v) is 5.89. The van der Waals surface area contributed by atoms with E-state index in [2.05, 4.69) is 16.4 Å². The van der Waals surface area contributed by atoms with Crippen molar-refractivity contribution >= 4 is 28.6 Å². The number of fused-ring (bicyclic) bond motifs is 1. The fourth-order valence-electron chi connectivity index (χ4n) is 2.82. The first-order chi connectivity index (χ1) is 11.8. The summed E-state index contributed by atoms with van der Waals surface area (Å²) in [6, 6.07) is 9.83. The summed E-state index contributed by atoms with van der Waals surface area (Å²) in [7, 11) is 0. The summed E-state index contributed by atoms with van der Waals surface area (Å²) in [4.78, 5) is 20.1. The van der Waals surface area contributed by atoms with Crippen LogP contribution in [0.2, 0.25) is 0 Å². The second kappa shape index (κ2) is 6.75. The number of benzene rings is 1. The highest BCUT2D eigenvalue weighted by Crippen LogP contribution is 2.31. The molecule has 4 nitrogen and oxygen atoms in total. The van der Waals surface area contributed by atoms with Gasteiger partial charge in [0.1, 0.15) is 10.8 Å². The Balaban J connectivity index is 1.44. The van der Waals surface area contributed by atoms with Gasteiger partial charge in [-0.15, -0.1) is 22.7 Å². The zero-order chi connectivity index (χ0) is 16.4. The van der Waals surface area contributed by atoms with Crippen molar-refractivity contribution in [3.05, 3.63) is 57.7 Å². The average Bonchev–Trinajstić information content (AvgIpc) is 3.30. The van der Waals surface area contributed by atoms with Crippen LogP contribution in [0.1, 0.15) is 10.4 Å². The molecule has 0 saturated heterocycles. The molecule has 24 heavy (non-hydrogen) atoms. The van der Waals surface area contributed by atoms with Gasteiger partial charge in [0, 0.05) is 29.5 Å². The van der Waals surface area contributed by atoms with Gasteiger partial charge in [0.05, 0.1) is 5.56 Å². The molecular weight excluding hydrogens is 340 g/mol. The molecule has 122 valence electrons. The fourth-order valence-corrected chi connectivity index (χ4v) is 4.38. The zero-order valence-corrected chi connectivity index (χ0v) is 14.6. The van der Waals surface area contributed by atoms with Crippen LogP contribution in [-0.4, -0.2) is 28.9 Å². The van der Waals surface area contributed by atoms with Crippen molar-refractivity contribution < 1.29 is 9.53 Å². The van der Waals surface area contributed by atoms with Crippen LogP contribution >= 0.6 is 22.7 Å². The van der Waals surface area contributed by atoms with Crippen LogP contribution in [0.4, 0.5) is 0 Å². The lowest BCUT2D eigenvalue weighted by Crippen LogP contribution is -2.38. The van der Waals surface area contributed by atoms with Gasteiger partial charge in [-0.25, -0.2) is 4.98 Å². The average molecular weight is 356 g/mol. The van der Waals surface area contributed by atoms with Crippen LogP contribution in [0.5, 0.6) is 5.75 Å². The maximum Gasteiger partial charge on any atom is 0.260 e.